The average Bonchev–Trinajstić information content (AvgIpc) is 3.10. The zero-order valence-electron chi connectivity index (χ0n) is 12.0. The molecule has 1 aromatic carbocycles. The van der Waals surface area contributed by atoms with Gasteiger partial charge in [-0.3, -0.25) is 4.79 Å². The van der Waals surface area contributed by atoms with Crippen LogP contribution in [0.25, 0.3) is 10.1 Å². The van der Waals surface area contributed by atoms with Gasteiger partial charge >= 0.3 is 5.97 Å². The third-order valence-corrected chi connectivity index (χ3v) is 6.02. The number of thiophene rings is 1. The average molecular weight is 302 g/mol. The first-order valence-corrected chi connectivity index (χ1v) is 8.29. The Morgan fingerprint density at radius 2 is 2.19 bits per heavy atom. The molecule has 2 aromatic rings. The Morgan fingerprint density at radius 1 is 1.33 bits per heavy atom. The predicted octanol–water partition coefficient (Wildman–Crippen LogP) is 3.73. The summed E-state index contributed by atoms with van der Waals surface area (Å²) in [5, 5.41) is 1.26. The number of carbonyl (C=O) groups is 1. The Bertz CT molecular complexity index is 644. The number of rotatable bonds is 2. The normalized spacial score (nSPS) is 31.5. The van der Waals surface area contributed by atoms with E-state index < -0.39 is 0 Å². The van der Waals surface area contributed by atoms with Gasteiger partial charge in [-0.1, -0.05) is 18.2 Å². The molecule has 4 heteroatoms. The maximum atomic E-state index is 12.3. The molecule has 21 heavy (non-hydrogen) atoms. The van der Waals surface area contributed by atoms with Crippen molar-refractivity contribution in [1.82, 2.24) is 0 Å². The van der Waals surface area contributed by atoms with E-state index in [9.17, 15) is 4.79 Å². The van der Waals surface area contributed by atoms with E-state index in [2.05, 4.69) is 30.3 Å². The van der Waals surface area contributed by atoms with Crippen LogP contribution in [-0.4, -0.2) is 25.3 Å². The van der Waals surface area contributed by atoms with Gasteiger partial charge in [0, 0.05) is 15.5 Å². The molecule has 0 radical (unpaired) electrons. The molecule has 0 amide bonds. The van der Waals surface area contributed by atoms with Gasteiger partial charge in [0.05, 0.1) is 25.2 Å². The van der Waals surface area contributed by atoms with Crippen molar-refractivity contribution in [1.29, 1.82) is 0 Å². The summed E-state index contributed by atoms with van der Waals surface area (Å²) in [7, 11) is 1.48. The van der Waals surface area contributed by atoms with Crippen LogP contribution in [0.1, 0.15) is 30.1 Å². The fraction of sp³-hybridized carbons (Fsp3) is 0.471. The number of hydrogen-bond acceptors (Lipinski definition) is 4. The first kappa shape index (κ1) is 13.3. The molecule has 0 N–H and O–H groups in total. The Morgan fingerprint density at radius 3 is 3.00 bits per heavy atom. The van der Waals surface area contributed by atoms with E-state index in [1.54, 1.807) is 11.3 Å². The fourth-order valence-corrected chi connectivity index (χ4v) is 5.02. The summed E-state index contributed by atoms with van der Waals surface area (Å²) < 4.78 is 12.3. The summed E-state index contributed by atoms with van der Waals surface area (Å²) in [5.74, 6) is -0.0364. The van der Waals surface area contributed by atoms with E-state index in [0.717, 1.165) is 19.3 Å². The van der Waals surface area contributed by atoms with Crippen molar-refractivity contribution in [3.05, 3.63) is 35.2 Å². The van der Waals surface area contributed by atoms with Gasteiger partial charge in [0.15, 0.2) is 0 Å². The number of benzene rings is 1. The van der Waals surface area contributed by atoms with Crippen LogP contribution in [0, 0.1) is 5.92 Å². The van der Waals surface area contributed by atoms with Crippen molar-refractivity contribution < 1.29 is 14.3 Å². The van der Waals surface area contributed by atoms with Crippen LogP contribution >= 0.6 is 11.3 Å². The number of carbonyl (C=O) groups excluding carboxylic acids is 1. The van der Waals surface area contributed by atoms with Gasteiger partial charge in [0.25, 0.3) is 0 Å². The Kier molecular flexibility index (Phi) is 3.23. The number of ether oxygens (including phenoxy) is 2. The first-order chi connectivity index (χ1) is 10.3. The molecular formula is C17H18O3S. The SMILES string of the molecule is COC(=O)[C@H]1[C@@H](c2cc3ccccc3s2)C[C@@H]2CC[C@H]1O2. The molecule has 1 aromatic heterocycles. The lowest BCUT2D eigenvalue weighted by Gasteiger charge is -2.34. The molecule has 0 spiro atoms. The molecule has 3 heterocycles. The van der Waals surface area contributed by atoms with Crippen LogP contribution in [-0.2, 0) is 14.3 Å². The maximum Gasteiger partial charge on any atom is 0.311 e. The van der Waals surface area contributed by atoms with Crippen molar-refractivity contribution >= 4 is 27.4 Å². The van der Waals surface area contributed by atoms with Crippen LogP contribution in [0.2, 0.25) is 0 Å². The highest BCUT2D eigenvalue weighted by molar-refractivity contribution is 7.19. The molecule has 2 saturated heterocycles. The van der Waals surface area contributed by atoms with E-state index >= 15 is 0 Å². The minimum absolute atomic E-state index is 0.0337. The van der Waals surface area contributed by atoms with Crippen molar-refractivity contribution in [2.45, 2.75) is 37.4 Å². The molecule has 2 fully saturated rings. The molecule has 4 rings (SSSR count). The second-order valence-corrected chi connectivity index (χ2v) is 7.07. The zero-order valence-corrected chi connectivity index (χ0v) is 12.8. The first-order valence-electron chi connectivity index (χ1n) is 7.48. The summed E-state index contributed by atoms with van der Waals surface area (Å²) in [6.07, 6.45) is 3.33. The molecule has 2 aliphatic heterocycles. The number of methoxy groups -OCH3 is 1. The third-order valence-electron chi connectivity index (χ3n) is 4.77. The highest BCUT2D eigenvalue weighted by Gasteiger charge is 2.48. The lowest BCUT2D eigenvalue weighted by molar-refractivity contribution is -0.156. The van der Waals surface area contributed by atoms with Gasteiger partial charge in [-0.05, 0) is 36.8 Å². The molecule has 2 bridgehead atoms. The summed E-state index contributed by atoms with van der Waals surface area (Å²) in [6, 6.07) is 10.6. The van der Waals surface area contributed by atoms with Crippen molar-refractivity contribution in [2.24, 2.45) is 5.92 Å². The lowest BCUT2D eigenvalue weighted by atomic mass is 9.82. The Labute approximate surface area is 127 Å². The molecule has 2 aliphatic rings. The van der Waals surface area contributed by atoms with Crippen LogP contribution in [0.3, 0.4) is 0 Å². The minimum atomic E-state index is -0.151. The molecular weight excluding hydrogens is 284 g/mol. The van der Waals surface area contributed by atoms with E-state index in [4.69, 9.17) is 9.47 Å². The monoisotopic (exact) mass is 302 g/mol. The zero-order chi connectivity index (χ0) is 14.4. The van der Waals surface area contributed by atoms with Gasteiger partial charge in [-0.15, -0.1) is 11.3 Å². The highest BCUT2D eigenvalue weighted by Crippen LogP contribution is 2.48. The third kappa shape index (κ3) is 2.17. The quantitative estimate of drug-likeness (QED) is 0.793. The maximum absolute atomic E-state index is 12.3. The largest absolute Gasteiger partial charge is 0.469 e. The Balaban J connectivity index is 1.75. The van der Waals surface area contributed by atoms with Gasteiger partial charge in [0.2, 0.25) is 0 Å². The van der Waals surface area contributed by atoms with Crippen molar-refractivity contribution in [3.8, 4) is 0 Å². The van der Waals surface area contributed by atoms with E-state index in [-0.39, 0.29) is 23.9 Å². The second-order valence-electron chi connectivity index (χ2n) is 5.95. The minimum Gasteiger partial charge on any atom is -0.469 e. The van der Waals surface area contributed by atoms with Crippen LogP contribution < -0.4 is 0 Å². The highest BCUT2D eigenvalue weighted by atomic mass is 32.1. The lowest BCUT2D eigenvalue weighted by Crippen LogP contribution is -2.39. The van der Waals surface area contributed by atoms with Gasteiger partial charge in [-0.2, -0.15) is 0 Å². The molecule has 4 atom stereocenters. The second kappa shape index (κ2) is 5.11. The van der Waals surface area contributed by atoms with Crippen molar-refractivity contribution in [2.75, 3.05) is 7.11 Å². The molecule has 0 saturated carbocycles. The van der Waals surface area contributed by atoms with Crippen LogP contribution in [0.4, 0.5) is 0 Å². The molecule has 0 unspecified atom stereocenters. The van der Waals surface area contributed by atoms with Gasteiger partial charge < -0.3 is 9.47 Å². The molecule has 3 nitrogen and oxygen atoms in total. The van der Waals surface area contributed by atoms with Crippen LogP contribution in [0.5, 0.6) is 0 Å². The summed E-state index contributed by atoms with van der Waals surface area (Å²) in [6.45, 7) is 0. The molecule has 110 valence electrons. The van der Waals surface area contributed by atoms with Crippen LogP contribution in [0.15, 0.2) is 30.3 Å². The number of esters is 1. The standard InChI is InChI=1S/C17H18O3S/c1-19-17(18)16-12(9-11-6-7-13(16)20-11)15-8-10-4-2-3-5-14(10)21-15/h2-5,8,11-13,16H,6-7,9H2,1H3/t11-,12+,13+,16-/m0/s1. The summed E-state index contributed by atoms with van der Waals surface area (Å²) >= 11 is 1.80. The van der Waals surface area contributed by atoms with E-state index in [0.29, 0.717) is 6.10 Å². The molecule has 0 aliphatic carbocycles. The van der Waals surface area contributed by atoms with E-state index in [1.165, 1.54) is 22.1 Å². The Hall–Kier alpha value is -1.39. The summed E-state index contributed by atoms with van der Waals surface area (Å²) in [5.41, 5.74) is 0. The van der Waals surface area contributed by atoms with Gasteiger partial charge in [-0.25, -0.2) is 0 Å². The topological polar surface area (TPSA) is 35.5 Å². The fourth-order valence-electron chi connectivity index (χ4n) is 3.79. The smallest absolute Gasteiger partial charge is 0.311 e. The number of fused-ring (bicyclic) bond motifs is 3. The summed E-state index contributed by atoms with van der Waals surface area (Å²) in [4.78, 5) is 13.6. The van der Waals surface area contributed by atoms with Crippen molar-refractivity contribution in [3.63, 3.8) is 0 Å². The number of hydrogen-bond donors (Lipinski definition) is 0. The van der Waals surface area contributed by atoms with E-state index in [1.807, 2.05) is 0 Å². The predicted molar refractivity (Wildman–Crippen MR) is 82.6 cm³/mol. The van der Waals surface area contributed by atoms with Gasteiger partial charge in [0.1, 0.15) is 0 Å².